The van der Waals surface area contributed by atoms with Crippen LogP contribution in [-0.4, -0.2) is 44.3 Å². The normalized spacial score (nSPS) is 10.6. The Bertz CT molecular complexity index is 1260. The molecule has 0 saturated heterocycles. The summed E-state index contributed by atoms with van der Waals surface area (Å²) >= 11 is 1.31. The molecule has 0 aliphatic heterocycles. The third kappa shape index (κ3) is 5.27. The molecule has 0 radical (unpaired) electrons. The van der Waals surface area contributed by atoms with E-state index in [1.165, 1.54) is 18.7 Å². The van der Waals surface area contributed by atoms with E-state index in [-0.39, 0.29) is 17.4 Å². The third-order valence-electron chi connectivity index (χ3n) is 4.76. The Morgan fingerprint density at radius 3 is 2.30 bits per heavy atom. The van der Waals surface area contributed by atoms with Crippen molar-refractivity contribution in [3.8, 4) is 22.8 Å². The predicted molar refractivity (Wildman–Crippen MR) is 127 cm³/mol. The van der Waals surface area contributed by atoms with Crippen molar-refractivity contribution in [2.24, 2.45) is 0 Å². The summed E-state index contributed by atoms with van der Waals surface area (Å²) in [6, 6.07) is 18.1. The van der Waals surface area contributed by atoms with Crippen molar-refractivity contribution in [1.29, 1.82) is 0 Å². The van der Waals surface area contributed by atoms with Gasteiger partial charge in [-0.25, -0.2) is 0 Å². The number of Topliss-reactive ketones (excluding diaryl/α,β-unsaturated/α-hetero) is 1. The van der Waals surface area contributed by atoms with Crippen LogP contribution in [0.15, 0.2) is 78.2 Å². The highest BCUT2D eigenvalue weighted by Crippen LogP contribution is 2.29. The topological polar surface area (TPSA) is 99.0 Å². The number of hydrogen-bond acceptors (Lipinski definition) is 7. The molecule has 4 rings (SSSR count). The molecule has 0 bridgehead atoms. The third-order valence-corrected chi connectivity index (χ3v) is 5.69. The average Bonchev–Trinajstić information content (AvgIpc) is 3.27. The number of carbonyl (C=O) groups excluding carboxylic acids is 2. The number of ether oxygens (including phenoxy) is 1. The van der Waals surface area contributed by atoms with Gasteiger partial charge in [0.05, 0.1) is 12.9 Å². The molecule has 9 heteroatoms. The van der Waals surface area contributed by atoms with Crippen molar-refractivity contribution < 1.29 is 14.3 Å². The molecule has 1 N–H and O–H groups in total. The smallest absolute Gasteiger partial charge is 0.221 e. The van der Waals surface area contributed by atoms with Crippen LogP contribution in [0.2, 0.25) is 0 Å². The fourth-order valence-electron chi connectivity index (χ4n) is 3.17. The Kier molecular flexibility index (Phi) is 6.80. The van der Waals surface area contributed by atoms with Crippen LogP contribution in [0.4, 0.5) is 5.69 Å². The van der Waals surface area contributed by atoms with Crippen molar-refractivity contribution in [3.05, 3.63) is 78.6 Å². The molecule has 0 aliphatic carbocycles. The number of thioether (sulfide) groups is 1. The van der Waals surface area contributed by atoms with E-state index in [0.29, 0.717) is 22.2 Å². The van der Waals surface area contributed by atoms with E-state index in [9.17, 15) is 9.59 Å². The lowest BCUT2D eigenvalue weighted by molar-refractivity contribution is -0.114. The highest BCUT2D eigenvalue weighted by atomic mass is 32.2. The number of nitrogens with one attached hydrogen (secondary N) is 1. The summed E-state index contributed by atoms with van der Waals surface area (Å²) < 4.78 is 7.18. The van der Waals surface area contributed by atoms with Crippen molar-refractivity contribution in [1.82, 2.24) is 19.7 Å². The molecule has 166 valence electrons. The van der Waals surface area contributed by atoms with Crippen LogP contribution in [0.1, 0.15) is 17.3 Å². The largest absolute Gasteiger partial charge is 0.497 e. The van der Waals surface area contributed by atoms with Gasteiger partial charge in [-0.3, -0.25) is 19.1 Å². The maximum Gasteiger partial charge on any atom is 0.221 e. The van der Waals surface area contributed by atoms with E-state index in [1.807, 2.05) is 41.0 Å². The van der Waals surface area contributed by atoms with Gasteiger partial charge in [0.1, 0.15) is 5.75 Å². The van der Waals surface area contributed by atoms with Crippen molar-refractivity contribution in [2.75, 3.05) is 18.2 Å². The Balaban J connectivity index is 1.59. The van der Waals surface area contributed by atoms with Gasteiger partial charge in [0, 0.05) is 41.8 Å². The molecular weight excluding hydrogens is 438 g/mol. The van der Waals surface area contributed by atoms with Gasteiger partial charge < -0.3 is 10.1 Å². The molecule has 4 aromatic rings. The minimum Gasteiger partial charge on any atom is -0.497 e. The zero-order chi connectivity index (χ0) is 23.2. The van der Waals surface area contributed by atoms with E-state index >= 15 is 0 Å². The number of amides is 1. The lowest BCUT2D eigenvalue weighted by atomic mass is 10.1. The Labute approximate surface area is 195 Å². The first-order valence-corrected chi connectivity index (χ1v) is 11.1. The summed E-state index contributed by atoms with van der Waals surface area (Å²) in [5.41, 5.74) is 2.91. The minimum atomic E-state index is -0.160. The van der Waals surface area contributed by atoms with Crippen LogP contribution in [-0.2, 0) is 4.79 Å². The molecule has 0 unspecified atom stereocenters. The molecule has 2 heterocycles. The summed E-state index contributed by atoms with van der Waals surface area (Å²) in [5.74, 6) is 1.36. The quantitative estimate of drug-likeness (QED) is 0.310. The molecular formula is C24H21N5O3S. The second-order valence-corrected chi connectivity index (χ2v) is 7.99. The highest BCUT2D eigenvalue weighted by molar-refractivity contribution is 7.99. The van der Waals surface area contributed by atoms with Crippen molar-refractivity contribution in [2.45, 2.75) is 12.1 Å². The molecule has 33 heavy (non-hydrogen) atoms. The minimum absolute atomic E-state index is 0.0517. The molecule has 8 nitrogen and oxygen atoms in total. The number of pyridine rings is 1. The van der Waals surface area contributed by atoms with Crippen LogP contribution < -0.4 is 10.1 Å². The molecule has 0 saturated carbocycles. The van der Waals surface area contributed by atoms with Gasteiger partial charge in [-0.1, -0.05) is 11.8 Å². The maximum atomic E-state index is 12.8. The Morgan fingerprint density at radius 2 is 1.67 bits per heavy atom. The molecule has 0 spiro atoms. The first-order chi connectivity index (χ1) is 16.0. The van der Waals surface area contributed by atoms with Gasteiger partial charge in [-0.15, -0.1) is 10.2 Å². The summed E-state index contributed by atoms with van der Waals surface area (Å²) in [7, 11) is 1.62. The monoisotopic (exact) mass is 459 g/mol. The average molecular weight is 460 g/mol. The lowest BCUT2D eigenvalue weighted by Gasteiger charge is -2.11. The summed E-state index contributed by atoms with van der Waals surface area (Å²) in [6.07, 6.45) is 3.40. The van der Waals surface area contributed by atoms with E-state index < -0.39 is 0 Å². The second-order valence-electron chi connectivity index (χ2n) is 7.05. The first kappa shape index (κ1) is 22.2. The molecule has 0 aliphatic rings. The number of methoxy groups -OCH3 is 1. The number of benzene rings is 2. The molecule has 2 aromatic heterocycles. The zero-order valence-corrected chi connectivity index (χ0v) is 18.9. The maximum absolute atomic E-state index is 12.8. The highest BCUT2D eigenvalue weighted by Gasteiger charge is 2.18. The van der Waals surface area contributed by atoms with Crippen molar-refractivity contribution >= 4 is 29.1 Å². The molecule has 0 fully saturated rings. The van der Waals surface area contributed by atoms with Gasteiger partial charge >= 0.3 is 0 Å². The Hall–Kier alpha value is -3.98. The number of nitrogens with zero attached hydrogens (tertiary/aromatic N) is 4. The van der Waals surface area contributed by atoms with E-state index in [2.05, 4.69) is 20.5 Å². The second kappa shape index (κ2) is 10.1. The number of anilines is 1. The van der Waals surface area contributed by atoms with Crippen LogP contribution in [0, 0.1) is 0 Å². The zero-order valence-electron chi connectivity index (χ0n) is 18.1. The van der Waals surface area contributed by atoms with Gasteiger partial charge in [-0.2, -0.15) is 0 Å². The number of rotatable bonds is 8. The SMILES string of the molecule is COc1ccc(-n2c(SCC(=O)c3ccc(NC(C)=O)cc3)nnc2-c2ccncc2)cc1. The fraction of sp³-hybridized carbons (Fsp3) is 0.125. The van der Waals surface area contributed by atoms with E-state index in [4.69, 9.17) is 4.74 Å². The van der Waals surface area contributed by atoms with Crippen molar-refractivity contribution in [3.63, 3.8) is 0 Å². The fourth-order valence-corrected chi connectivity index (χ4v) is 4.02. The number of hydrogen-bond donors (Lipinski definition) is 1. The van der Waals surface area contributed by atoms with E-state index in [1.54, 1.807) is 43.8 Å². The molecule has 1 amide bonds. The summed E-state index contributed by atoms with van der Waals surface area (Å²) in [5, 5.41) is 12.0. The van der Waals surface area contributed by atoms with E-state index in [0.717, 1.165) is 17.0 Å². The first-order valence-electron chi connectivity index (χ1n) is 10.1. The standard InChI is InChI=1S/C24H21N5O3S/c1-16(30)26-19-5-3-17(4-6-19)22(31)15-33-24-28-27-23(18-11-13-25-14-12-18)29(24)20-7-9-21(32-2)10-8-20/h3-14H,15H2,1-2H3,(H,26,30). The Morgan fingerprint density at radius 1 is 0.970 bits per heavy atom. The summed E-state index contributed by atoms with van der Waals surface area (Å²) in [6.45, 7) is 1.44. The van der Waals surface area contributed by atoms with Gasteiger partial charge in [0.15, 0.2) is 16.8 Å². The van der Waals surface area contributed by atoms with Crippen LogP contribution in [0.5, 0.6) is 5.75 Å². The number of ketones is 1. The molecule has 0 atom stereocenters. The lowest BCUT2D eigenvalue weighted by Crippen LogP contribution is -2.07. The number of aromatic nitrogens is 4. The van der Waals surface area contributed by atoms with Gasteiger partial charge in [-0.05, 0) is 60.7 Å². The van der Waals surface area contributed by atoms with Crippen LogP contribution in [0.3, 0.4) is 0 Å². The van der Waals surface area contributed by atoms with Crippen LogP contribution in [0.25, 0.3) is 17.1 Å². The van der Waals surface area contributed by atoms with Crippen LogP contribution >= 0.6 is 11.8 Å². The van der Waals surface area contributed by atoms with Gasteiger partial charge in [0.2, 0.25) is 5.91 Å². The van der Waals surface area contributed by atoms with Gasteiger partial charge in [0.25, 0.3) is 0 Å². The molecule has 2 aromatic carbocycles. The number of carbonyl (C=O) groups is 2. The summed E-state index contributed by atoms with van der Waals surface area (Å²) in [4.78, 5) is 28.0. The predicted octanol–water partition coefficient (Wildman–Crippen LogP) is 4.27.